The molecule has 0 bridgehead atoms. The molecule has 216 valence electrons. The first-order chi connectivity index (χ1) is 22.9. The molecule has 1 aliphatic rings. The van der Waals surface area contributed by atoms with E-state index in [2.05, 4.69) is 170 Å². The Kier molecular flexibility index (Phi) is 6.39. The van der Waals surface area contributed by atoms with Crippen molar-refractivity contribution >= 4 is 48.7 Å². The van der Waals surface area contributed by atoms with Crippen LogP contribution in [0.5, 0.6) is 0 Å². The quantitative estimate of drug-likeness (QED) is 0.181. The van der Waals surface area contributed by atoms with E-state index in [0.29, 0.717) is 0 Å². The van der Waals surface area contributed by atoms with Crippen LogP contribution in [0.4, 0.5) is 0 Å². The lowest BCUT2D eigenvalue weighted by molar-refractivity contribution is 1.04. The van der Waals surface area contributed by atoms with Gasteiger partial charge in [0.15, 0.2) is 0 Å². The summed E-state index contributed by atoms with van der Waals surface area (Å²) in [5.41, 5.74) is 10.3. The van der Waals surface area contributed by atoms with Crippen molar-refractivity contribution in [3.05, 3.63) is 175 Å². The first kappa shape index (κ1) is 26.7. The zero-order chi connectivity index (χ0) is 30.5. The van der Waals surface area contributed by atoms with Gasteiger partial charge in [0.1, 0.15) is 0 Å². The zero-order valence-corrected chi connectivity index (χ0v) is 25.6. The summed E-state index contributed by atoms with van der Waals surface area (Å²) in [5.74, 6) is 0. The van der Waals surface area contributed by atoms with Crippen LogP contribution in [0.2, 0.25) is 0 Å². The second-order valence-corrected chi connectivity index (χ2v) is 12.3. The summed E-state index contributed by atoms with van der Waals surface area (Å²) in [4.78, 5) is 0. The summed E-state index contributed by atoms with van der Waals surface area (Å²) in [5, 5.41) is 10.3. The molecule has 0 aliphatic heterocycles. The first-order valence-electron chi connectivity index (χ1n) is 16.3. The van der Waals surface area contributed by atoms with E-state index in [4.69, 9.17) is 0 Å². The third kappa shape index (κ3) is 4.22. The molecule has 0 spiro atoms. The molecule has 0 heteroatoms. The lowest BCUT2D eigenvalue weighted by atomic mass is 9.83. The summed E-state index contributed by atoms with van der Waals surface area (Å²) in [6.07, 6.45) is 9.23. The highest BCUT2D eigenvalue weighted by Gasteiger charge is 2.19. The van der Waals surface area contributed by atoms with Crippen LogP contribution >= 0.6 is 0 Å². The summed E-state index contributed by atoms with van der Waals surface area (Å²) in [6.45, 7) is 0. The number of hydrogen-bond acceptors (Lipinski definition) is 0. The van der Waals surface area contributed by atoms with E-state index in [1.807, 2.05) is 0 Å². The van der Waals surface area contributed by atoms with Crippen molar-refractivity contribution in [1.29, 1.82) is 0 Å². The van der Waals surface area contributed by atoms with Crippen molar-refractivity contribution in [3.63, 3.8) is 0 Å². The minimum absolute atomic E-state index is 1.09. The predicted molar refractivity (Wildman–Crippen MR) is 199 cm³/mol. The summed E-state index contributed by atoms with van der Waals surface area (Å²) in [6, 6.07) is 55.8. The Morgan fingerprint density at radius 2 is 0.609 bits per heavy atom. The fraction of sp³-hybridized carbons (Fsp3) is 0.0435. The lowest BCUT2D eigenvalue weighted by Crippen LogP contribution is -1.94. The molecule has 0 nitrogen and oxygen atoms in total. The van der Waals surface area contributed by atoms with Crippen LogP contribution in [-0.2, 0) is 0 Å². The Bertz CT molecular complexity index is 2380. The molecule has 0 heterocycles. The van der Waals surface area contributed by atoms with Gasteiger partial charge in [-0.1, -0.05) is 170 Å². The molecular formula is C46H32. The van der Waals surface area contributed by atoms with Gasteiger partial charge in [-0.25, -0.2) is 0 Å². The second-order valence-electron chi connectivity index (χ2n) is 12.3. The Hall–Kier alpha value is -5.72. The summed E-state index contributed by atoms with van der Waals surface area (Å²) >= 11 is 0. The molecule has 0 saturated carbocycles. The van der Waals surface area contributed by atoms with E-state index >= 15 is 0 Å². The topological polar surface area (TPSA) is 0 Å². The van der Waals surface area contributed by atoms with E-state index < -0.39 is 0 Å². The van der Waals surface area contributed by atoms with Crippen LogP contribution in [-0.4, -0.2) is 0 Å². The maximum Gasteiger partial charge on any atom is -0.00264 e. The monoisotopic (exact) mass is 584 g/mol. The van der Waals surface area contributed by atoms with Crippen LogP contribution in [0.25, 0.3) is 82.0 Å². The van der Waals surface area contributed by atoms with Crippen molar-refractivity contribution in [2.75, 3.05) is 0 Å². The molecule has 0 unspecified atom stereocenters. The van der Waals surface area contributed by atoms with Gasteiger partial charge in [0.2, 0.25) is 0 Å². The standard InChI is InChI=1S/C46H32/c1-3-15-31(16-4-1)43-35-19-7-11-23-39(35)45(40-24-12-8-20-36(40)43)33-27-29-34(30-28-33)46-41-25-13-9-21-37(41)44(32-17-5-2-6-18-32)38-22-10-14-26-42(38)46/h1,3-5,7-30H,2,6H2. The van der Waals surface area contributed by atoms with Gasteiger partial charge in [0.05, 0.1) is 0 Å². The molecule has 0 radical (unpaired) electrons. The predicted octanol–water partition coefficient (Wildman–Crippen LogP) is 13.0. The molecule has 0 saturated heterocycles. The van der Waals surface area contributed by atoms with Crippen LogP contribution in [0.1, 0.15) is 18.4 Å². The number of hydrogen-bond donors (Lipinski definition) is 0. The average molecular weight is 585 g/mol. The molecule has 1 aliphatic carbocycles. The van der Waals surface area contributed by atoms with Crippen molar-refractivity contribution in [2.24, 2.45) is 0 Å². The van der Waals surface area contributed by atoms with E-state index in [0.717, 1.165) is 12.8 Å². The maximum atomic E-state index is 2.40. The minimum atomic E-state index is 1.09. The van der Waals surface area contributed by atoms with E-state index in [-0.39, 0.29) is 0 Å². The van der Waals surface area contributed by atoms with Crippen LogP contribution in [0.3, 0.4) is 0 Å². The highest BCUT2D eigenvalue weighted by atomic mass is 14.2. The van der Waals surface area contributed by atoms with Gasteiger partial charge in [-0.3, -0.25) is 0 Å². The van der Waals surface area contributed by atoms with E-state index in [1.54, 1.807) is 0 Å². The molecule has 8 aromatic carbocycles. The van der Waals surface area contributed by atoms with E-state index in [9.17, 15) is 0 Å². The normalized spacial score (nSPS) is 13.1. The SMILES string of the molecule is C1=CC(c2c3ccccc3c(-c3ccc(-c4c5ccccc5c(-c5ccccc5)c5ccccc45)cc3)c3ccccc23)=CCC1. The number of rotatable bonds is 4. The maximum absolute atomic E-state index is 2.40. The summed E-state index contributed by atoms with van der Waals surface area (Å²) in [7, 11) is 0. The van der Waals surface area contributed by atoms with Crippen LogP contribution < -0.4 is 0 Å². The van der Waals surface area contributed by atoms with Gasteiger partial charge in [-0.2, -0.15) is 0 Å². The number of benzene rings is 8. The van der Waals surface area contributed by atoms with Crippen LogP contribution in [0, 0.1) is 0 Å². The zero-order valence-electron chi connectivity index (χ0n) is 25.6. The van der Waals surface area contributed by atoms with Gasteiger partial charge in [0, 0.05) is 0 Å². The first-order valence-corrected chi connectivity index (χ1v) is 16.3. The smallest absolute Gasteiger partial charge is 0.00264 e. The van der Waals surface area contributed by atoms with Gasteiger partial charge in [-0.05, 0) is 100 Å². The minimum Gasteiger partial charge on any atom is -0.0836 e. The van der Waals surface area contributed by atoms with Crippen LogP contribution in [0.15, 0.2) is 170 Å². The lowest BCUT2D eigenvalue weighted by Gasteiger charge is -2.20. The summed E-state index contributed by atoms with van der Waals surface area (Å²) < 4.78 is 0. The van der Waals surface area contributed by atoms with Gasteiger partial charge in [0.25, 0.3) is 0 Å². The number of fused-ring (bicyclic) bond motifs is 4. The fourth-order valence-electron chi connectivity index (χ4n) is 7.71. The average Bonchev–Trinajstić information content (AvgIpc) is 3.13. The van der Waals surface area contributed by atoms with Crippen molar-refractivity contribution in [1.82, 2.24) is 0 Å². The third-order valence-corrected chi connectivity index (χ3v) is 9.67. The Balaban J connectivity index is 1.28. The van der Waals surface area contributed by atoms with Gasteiger partial charge in [-0.15, -0.1) is 0 Å². The van der Waals surface area contributed by atoms with Crippen molar-refractivity contribution in [2.45, 2.75) is 12.8 Å². The van der Waals surface area contributed by atoms with Gasteiger partial charge >= 0.3 is 0 Å². The molecule has 0 atom stereocenters. The van der Waals surface area contributed by atoms with Crippen molar-refractivity contribution in [3.8, 4) is 33.4 Å². The highest BCUT2D eigenvalue weighted by Crippen LogP contribution is 2.46. The van der Waals surface area contributed by atoms with Crippen molar-refractivity contribution < 1.29 is 0 Å². The Morgan fingerprint density at radius 3 is 0.957 bits per heavy atom. The molecule has 0 aromatic heterocycles. The fourth-order valence-corrected chi connectivity index (χ4v) is 7.71. The van der Waals surface area contributed by atoms with Gasteiger partial charge < -0.3 is 0 Å². The Morgan fingerprint density at radius 1 is 0.283 bits per heavy atom. The Labute approximate surface area is 269 Å². The van der Waals surface area contributed by atoms with E-state index in [1.165, 1.54) is 87.6 Å². The molecule has 46 heavy (non-hydrogen) atoms. The number of allylic oxidation sites excluding steroid dienone is 4. The molecule has 0 fully saturated rings. The molecular weight excluding hydrogens is 553 g/mol. The largest absolute Gasteiger partial charge is 0.0836 e. The molecule has 8 aromatic rings. The molecule has 0 amide bonds. The second kappa shape index (κ2) is 11.0. The third-order valence-electron chi connectivity index (χ3n) is 9.67. The molecule has 9 rings (SSSR count). The highest BCUT2D eigenvalue weighted by molar-refractivity contribution is 6.22. The molecule has 0 N–H and O–H groups in total.